The second-order valence-electron chi connectivity index (χ2n) is 4.61. The highest BCUT2D eigenvalue weighted by Gasteiger charge is 2.17. The summed E-state index contributed by atoms with van der Waals surface area (Å²) in [4.78, 5) is 0. The van der Waals surface area contributed by atoms with E-state index in [1.54, 1.807) is 11.3 Å². The maximum Gasteiger partial charge on any atom is 0.0590 e. The molecule has 0 aliphatic carbocycles. The lowest BCUT2D eigenvalue weighted by molar-refractivity contribution is 0.0964. The zero-order chi connectivity index (χ0) is 11.2. The molecular weight excluding hydrogens is 218 g/mol. The topological polar surface area (TPSA) is 21.3 Å². The smallest absolute Gasteiger partial charge is 0.0590 e. The average molecular weight is 239 g/mol. The maximum absolute atomic E-state index is 5.64. The van der Waals surface area contributed by atoms with Crippen LogP contribution < -0.4 is 5.32 Å². The van der Waals surface area contributed by atoms with Gasteiger partial charge in [-0.2, -0.15) is 11.3 Å². The van der Waals surface area contributed by atoms with Gasteiger partial charge in [0.25, 0.3) is 0 Å². The Morgan fingerprint density at radius 1 is 1.62 bits per heavy atom. The van der Waals surface area contributed by atoms with Crippen molar-refractivity contribution >= 4 is 11.3 Å². The van der Waals surface area contributed by atoms with Crippen molar-refractivity contribution in [2.45, 2.75) is 44.8 Å². The third-order valence-electron chi connectivity index (χ3n) is 3.13. The Balaban J connectivity index is 1.58. The third kappa shape index (κ3) is 3.89. The highest BCUT2D eigenvalue weighted by Crippen LogP contribution is 2.16. The van der Waals surface area contributed by atoms with Gasteiger partial charge < -0.3 is 10.1 Å². The molecule has 0 amide bonds. The molecular formula is C13H21NOS. The molecule has 1 aromatic rings. The van der Waals surface area contributed by atoms with Crippen molar-refractivity contribution in [3.05, 3.63) is 22.4 Å². The van der Waals surface area contributed by atoms with E-state index in [4.69, 9.17) is 4.74 Å². The van der Waals surface area contributed by atoms with Crippen LogP contribution in [0.15, 0.2) is 16.8 Å². The van der Waals surface area contributed by atoms with E-state index >= 15 is 0 Å². The Hall–Kier alpha value is -0.380. The molecule has 1 aromatic heterocycles. The normalized spacial score (nSPS) is 22.4. The monoisotopic (exact) mass is 239 g/mol. The van der Waals surface area contributed by atoms with Crippen LogP contribution in [0, 0.1) is 0 Å². The molecule has 2 nitrogen and oxygen atoms in total. The van der Waals surface area contributed by atoms with Gasteiger partial charge in [-0.1, -0.05) is 0 Å². The fraction of sp³-hybridized carbons (Fsp3) is 0.692. The highest BCUT2D eigenvalue weighted by molar-refractivity contribution is 7.07. The van der Waals surface area contributed by atoms with Gasteiger partial charge in [0.2, 0.25) is 0 Å². The van der Waals surface area contributed by atoms with Crippen molar-refractivity contribution in [1.82, 2.24) is 5.32 Å². The van der Waals surface area contributed by atoms with E-state index in [1.165, 1.54) is 18.4 Å². The molecule has 90 valence electrons. The summed E-state index contributed by atoms with van der Waals surface area (Å²) in [6.07, 6.45) is 5.29. The maximum atomic E-state index is 5.64. The molecule has 0 spiro atoms. The minimum atomic E-state index is 0.503. The van der Waals surface area contributed by atoms with Crippen LogP contribution in [0.1, 0.15) is 31.7 Å². The SMILES string of the molecule is CC(CC1CCCO1)NCCc1ccsc1. The highest BCUT2D eigenvalue weighted by atomic mass is 32.1. The second-order valence-corrected chi connectivity index (χ2v) is 5.39. The van der Waals surface area contributed by atoms with Crippen LogP contribution >= 0.6 is 11.3 Å². The van der Waals surface area contributed by atoms with Gasteiger partial charge in [0.15, 0.2) is 0 Å². The van der Waals surface area contributed by atoms with Crippen molar-refractivity contribution in [2.75, 3.05) is 13.2 Å². The first-order chi connectivity index (χ1) is 7.84. The van der Waals surface area contributed by atoms with Gasteiger partial charge in [-0.25, -0.2) is 0 Å². The van der Waals surface area contributed by atoms with E-state index in [-0.39, 0.29) is 0 Å². The first kappa shape index (κ1) is 12.1. The van der Waals surface area contributed by atoms with Crippen molar-refractivity contribution in [3.63, 3.8) is 0 Å². The Labute approximate surface area is 102 Å². The zero-order valence-electron chi connectivity index (χ0n) is 9.95. The molecule has 1 fully saturated rings. The third-order valence-corrected chi connectivity index (χ3v) is 3.86. The number of thiophene rings is 1. The van der Waals surface area contributed by atoms with E-state index in [0.29, 0.717) is 12.1 Å². The summed E-state index contributed by atoms with van der Waals surface area (Å²) >= 11 is 1.78. The minimum absolute atomic E-state index is 0.503. The quantitative estimate of drug-likeness (QED) is 0.824. The lowest BCUT2D eigenvalue weighted by Gasteiger charge is -2.17. The Morgan fingerprint density at radius 2 is 2.56 bits per heavy atom. The van der Waals surface area contributed by atoms with Crippen LogP contribution in [0.4, 0.5) is 0 Å². The number of ether oxygens (including phenoxy) is 1. The van der Waals surface area contributed by atoms with Crippen LogP contribution in [0.3, 0.4) is 0 Å². The van der Waals surface area contributed by atoms with Crippen LogP contribution in [0.25, 0.3) is 0 Å². The number of rotatable bonds is 6. The van der Waals surface area contributed by atoms with E-state index in [0.717, 1.165) is 26.0 Å². The van der Waals surface area contributed by atoms with Gasteiger partial charge >= 0.3 is 0 Å². The number of hydrogen-bond acceptors (Lipinski definition) is 3. The summed E-state index contributed by atoms with van der Waals surface area (Å²) in [6, 6.07) is 2.78. The van der Waals surface area contributed by atoms with Crippen molar-refractivity contribution in [3.8, 4) is 0 Å². The molecule has 2 atom stereocenters. The summed E-state index contributed by atoms with van der Waals surface area (Å²) in [5, 5.41) is 7.94. The lowest BCUT2D eigenvalue weighted by Crippen LogP contribution is -2.31. The Bertz CT molecular complexity index is 280. The molecule has 0 aromatic carbocycles. The number of hydrogen-bond donors (Lipinski definition) is 1. The molecule has 1 aliphatic rings. The Kier molecular flexibility index (Phi) is 4.82. The lowest BCUT2D eigenvalue weighted by atomic mass is 10.1. The molecule has 3 heteroatoms. The van der Waals surface area contributed by atoms with Gasteiger partial charge in [0.05, 0.1) is 6.10 Å². The van der Waals surface area contributed by atoms with Crippen molar-refractivity contribution < 1.29 is 4.74 Å². The van der Waals surface area contributed by atoms with Crippen molar-refractivity contribution in [1.29, 1.82) is 0 Å². The summed E-state index contributed by atoms with van der Waals surface area (Å²) in [5.41, 5.74) is 1.45. The predicted octanol–water partition coefficient (Wildman–Crippen LogP) is 2.84. The molecule has 2 unspecified atom stereocenters. The van der Waals surface area contributed by atoms with Crippen molar-refractivity contribution in [2.24, 2.45) is 0 Å². The van der Waals surface area contributed by atoms with Crippen LogP contribution in [-0.4, -0.2) is 25.3 Å². The minimum Gasteiger partial charge on any atom is -0.378 e. The summed E-state index contributed by atoms with van der Waals surface area (Å²) in [5.74, 6) is 0. The van der Waals surface area contributed by atoms with Gasteiger partial charge in [-0.3, -0.25) is 0 Å². The second kappa shape index (κ2) is 6.38. The summed E-state index contributed by atoms with van der Waals surface area (Å²) < 4.78 is 5.64. The summed E-state index contributed by atoms with van der Waals surface area (Å²) in [7, 11) is 0. The van der Waals surface area contributed by atoms with Crippen LogP contribution in [-0.2, 0) is 11.2 Å². The molecule has 16 heavy (non-hydrogen) atoms. The van der Waals surface area contributed by atoms with Gasteiger partial charge in [0, 0.05) is 12.6 Å². The first-order valence-corrected chi connectivity index (χ1v) is 7.15. The van der Waals surface area contributed by atoms with E-state index < -0.39 is 0 Å². The fourth-order valence-electron chi connectivity index (χ4n) is 2.21. The average Bonchev–Trinajstić information content (AvgIpc) is 2.90. The summed E-state index contributed by atoms with van der Waals surface area (Å²) in [6.45, 7) is 4.30. The fourth-order valence-corrected chi connectivity index (χ4v) is 2.91. The largest absolute Gasteiger partial charge is 0.378 e. The molecule has 0 saturated carbocycles. The molecule has 0 bridgehead atoms. The van der Waals surface area contributed by atoms with Gasteiger partial charge in [-0.15, -0.1) is 0 Å². The molecule has 2 heterocycles. The van der Waals surface area contributed by atoms with Crippen LogP contribution in [0.2, 0.25) is 0 Å². The predicted molar refractivity (Wildman–Crippen MR) is 69.1 cm³/mol. The van der Waals surface area contributed by atoms with E-state index in [1.807, 2.05) is 0 Å². The van der Waals surface area contributed by atoms with E-state index in [9.17, 15) is 0 Å². The van der Waals surface area contributed by atoms with Gasteiger partial charge in [0.1, 0.15) is 0 Å². The number of nitrogens with one attached hydrogen (secondary N) is 1. The standard InChI is InChI=1S/C13H21NOS/c1-11(9-13-3-2-7-15-13)14-6-4-12-5-8-16-10-12/h5,8,10-11,13-14H,2-4,6-7,9H2,1H3. The zero-order valence-corrected chi connectivity index (χ0v) is 10.8. The Morgan fingerprint density at radius 3 is 3.25 bits per heavy atom. The first-order valence-electron chi connectivity index (χ1n) is 6.20. The molecule has 2 rings (SSSR count). The van der Waals surface area contributed by atoms with Crippen LogP contribution in [0.5, 0.6) is 0 Å². The van der Waals surface area contributed by atoms with Gasteiger partial charge in [-0.05, 0) is 61.5 Å². The molecule has 0 radical (unpaired) electrons. The van der Waals surface area contributed by atoms with E-state index in [2.05, 4.69) is 29.1 Å². The molecule has 1 N–H and O–H groups in total. The molecule has 1 aliphatic heterocycles. The molecule has 1 saturated heterocycles.